The first kappa shape index (κ1) is 19.4. The van der Waals surface area contributed by atoms with Crippen molar-refractivity contribution in [2.45, 2.75) is 20.0 Å². The second kappa shape index (κ2) is 8.20. The van der Waals surface area contributed by atoms with Crippen molar-refractivity contribution in [3.63, 3.8) is 0 Å². The number of aromatic nitrogens is 3. The molecule has 0 atom stereocenters. The molecule has 152 valence electrons. The van der Waals surface area contributed by atoms with Gasteiger partial charge in [-0.25, -0.2) is 9.07 Å². The number of anilines is 1. The van der Waals surface area contributed by atoms with Gasteiger partial charge in [0.1, 0.15) is 5.82 Å². The van der Waals surface area contributed by atoms with Gasteiger partial charge in [0.15, 0.2) is 11.6 Å². The van der Waals surface area contributed by atoms with E-state index in [-0.39, 0.29) is 29.6 Å². The fraction of sp³-hybridized carbons (Fsp3) is 0.136. The Morgan fingerprint density at radius 3 is 2.60 bits per heavy atom. The molecule has 8 heteroatoms. The number of benzene rings is 2. The molecule has 0 fully saturated rings. The standard InChI is InChI=1S/C22H19FN4O3/c1-14(2)30-22-25-20(15-5-3-6-16(23)13-15)27(26-22)18-10-8-17(9-11-18)24-21(28)19-7-4-12-29-19/h3-14H,1-2H3,(H,24,28). The first-order valence-corrected chi connectivity index (χ1v) is 9.34. The van der Waals surface area contributed by atoms with Crippen LogP contribution in [0.1, 0.15) is 24.4 Å². The Balaban J connectivity index is 1.65. The summed E-state index contributed by atoms with van der Waals surface area (Å²) < 4.78 is 26.0. The van der Waals surface area contributed by atoms with E-state index in [1.807, 2.05) is 13.8 Å². The number of rotatable bonds is 6. The van der Waals surface area contributed by atoms with Gasteiger partial charge < -0.3 is 14.5 Å². The molecule has 30 heavy (non-hydrogen) atoms. The van der Waals surface area contributed by atoms with Crippen LogP contribution in [0.2, 0.25) is 0 Å². The van der Waals surface area contributed by atoms with E-state index in [2.05, 4.69) is 15.4 Å². The van der Waals surface area contributed by atoms with Crippen molar-refractivity contribution in [1.29, 1.82) is 0 Å². The normalized spacial score (nSPS) is 10.9. The summed E-state index contributed by atoms with van der Waals surface area (Å²) in [7, 11) is 0. The van der Waals surface area contributed by atoms with Crippen LogP contribution in [0.3, 0.4) is 0 Å². The van der Waals surface area contributed by atoms with Crippen LogP contribution in [-0.2, 0) is 0 Å². The van der Waals surface area contributed by atoms with Gasteiger partial charge in [-0.2, -0.15) is 4.98 Å². The number of furan rings is 1. The van der Waals surface area contributed by atoms with E-state index < -0.39 is 0 Å². The van der Waals surface area contributed by atoms with Gasteiger partial charge in [-0.15, -0.1) is 5.10 Å². The summed E-state index contributed by atoms with van der Waals surface area (Å²) in [5.74, 6) is -0.0531. The minimum atomic E-state index is -0.371. The van der Waals surface area contributed by atoms with Crippen LogP contribution in [0, 0.1) is 5.82 Å². The average molecular weight is 406 g/mol. The van der Waals surface area contributed by atoms with Crippen LogP contribution in [0.5, 0.6) is 6.01 Å². The van der Waals surface area contributed by atoms with Gasteiger partial charge in [-0.3, -0.25) is 4.79 Å². The molecule has 0 saturated heterocycles. The van der Waals surface area contributed by atoms with E-state index in [0.717, 1.165) is 0 Å². The summed E-state index contributed by atoms with van der Waals surface area (Å²) in [6.45, 7) is 3.75. The summed E-state index contributed by atoms with van der Waals surface area (Å²) in [6.07, 6.45) is 1.33. The molecule has 0 spiro atoms. The Labute approximate surface area is 172 Å². The Morgan fingerprint density at radius 2 is 1.93 bits per heavy atom. The monoisotopic (exact) mass is 406 g/mol. The highest BCUT2D eigenvalue weighted by Gasteiger charge is 2.16. The molecule has 0 aliphatic rings. The highest BCUT2D eigenvalue weighted by Crippen LogP contribution is 2.25. The number of halogens is 1. The van der Waals surface area contributed by atoms with E-state index in [0.29, 0.717) is 22.8 Å². The number of carbonyl (C=O) groups excluding carboxylic acids is 1. The zero-order valence-electron chi connectivity index (χ0n) is 16.4. The molecule has 0 saturated carbocycles. The van der Waals surface area contributed by atoms with E-state index in [9.17, 15) is 9.18 Å². The molecule has 1 N–H and O–H groups in total. The largest absolute Gasteiger partial charge is 0.460 e. The van der Waals surface area contributed by atoms with Gasteiger partial charge >= 0.3 is 6.01 Å². The number of nitrogens with zero attached hydrogens (tertiary/aromatic N) is 3. The highest BCUT2D eigenvalue weighted by atomic mass is 19.1. The summed E-state index contributed by atoms with van der Waals surface area (Å²) >= 11 is 0. The second-order valence-corrected chi connectivity index (χ2v) is 6.79. The van der Waals surface area contributed by atoms with Gasteiger partial charge in [-0.1, -0.05) is 12.1 Å². The Hall–Kier alpha value is -3.94. The van der Waals surface area contributed by atoms with E-state index in [1.165, 1.54) is 18.4 Å². The van der Waals surface area contributed by atoms with Crippen molar-refractivity contribution in [3.05, 3.63) is 78.5 Å². The van der Waals surface area contributed by atoms with Gasteiger partial charge in [0.25, 0.3) is 5.91 Å². The van der Waals surface area contributed by atoms with Crippen LogP contribution < -0.4 is 10.1 Å². The maximum atomic E-state index is 13.8. The second-order valence-electron chi connectivity index (χ2n) is 6.79. The maximum Gasteiger partial charge on any atom is 0.336 e. The topological polar surface area (TPSA) is 82.2 Å². The molecule has 2 aromatic carbocycles. The first-order valence-electron chi connectivity index (χ1n) is 9.34. The zero-order valence-corrected chi connectivity index (χ0v) is 16.4. The number of carbonyl (C=O) groups is 1. The fourth-order valence-electron chi connectivity index (χ4n) is 2.83. The molecule has 4 rings (SSSR count). The van der Waals surface area contributed by atoms with Crippen LogP contribution in [0.4, 0.5) is 10.1 Å². The lowest BCUT2D eigenvalue weighted by Gasteiger charge is -2.08. The summed E-state index contributed by atoms with van der Waals surface area (Å²) in [5, 5.41) is 7.17. The smallest absolute Gasteiger partial charge is 0.336 e. The lowest BCUT2D eigenvalue weighted by atomic mass is 10.2. The summed E-state index contributed by atoms with van der Waals surface area (Å²) in [4.78, 5) is 16.5. The highest BCUT2D eigenvalue weighted by molar-refractivity contribution is 6.02. The molecular weight excluding hydrogens is 387 g/mol. The molecule has 0 radical (unpaired) electrons. The Bertz CT molecular complexity index is 1150. The van der Waals surface area contributed by atoms with Crippen molar-refractivity contribution in [2.24, 2.45) is 0 Å². The lowest BCUT2D eigenvalue weighted by molar-refractivity contribution is 0.0996. The third kappa shape index (κ3) is 4.22. The van der Waals surface area contributed by atoms with Gasteiger partial charge in [0.2, 0.25) is 0 Å². The molecule has 2 aromatic heterocycles. The third-order valence-electron chi connectivity index (χ3n) is 4.13. The number of hydrogen-bond acceptors (Lipinski definition) is 5. The molecule has 0 unspecified atom stereocenters. The van der Waals surface area contributed by atoms with Crippen molar-refractivity contribution in [1.82, 2.24) is 14.8 Å². The fourth-order valence-corrected chi connectivity index (χ4v) is 2.83. The predicted octanol–water partition coefficient (Wildman–Crippen LogP) is 4.71. The Kier molecular flexibility index (Phi) is 5.30. The molecule has 2 heterocycles. The average Bonchev–Trinajstić information content (AvgIpc) is 3.38. The summed E-state index contributed by atoms with van der Waals surface area (Å²) in [6, 6.07) is 16.5. The maximum absolute atomic E-state index is 13.8. The van der Waals surface area contributed by atoms with Crippen LogP contribution in [0.25, 0.3) is 17.1 Å². The van der Waals surface area contributed by atoms with E-state index in [1.54, 1.807) is 53.2 Å². The molecule has 4 aromatic rings. The quantitative estimate of drug-likeness (QED) is 0.502. The van der Waals surface area contributed by atoms with Crippen molar-refractivity contribution < 1.29 is 18.3 Å². The van der Waals surface area contributed by atoms with Crippen molar-refractivity contribution >= 4 is 11.6 Å². The third-order valence-corrected chi connectivity index (χ3v) is 4.13. The molecule has 7 nitrogen and oxygen atoms in total. The van der Waals surface area contributed by atoms with Gasteiger partial charge in [0, 0.05) is 11.3 Å². The van der Waals surface area contributed by atoms with E-state index in [4.69, 9.17) is 9.15 Å². The molecule has 0 aliphatic carbocycles. The number of nitrogens with one attached hydrogen (secondary N) is 1. The van der Waals surface area contributed by atoms with E-state index >= 15 is 0 Å². The van der Waals surface area contributed by atoms with Gasteiger partial charge in [-0.05, 0) is 62.4 Å². The zero-order chi connectivity index (χ0) is 21.1. The molecular formula is C22H19FN4O3. The minimum Gasteiger partial charge on any atom is -0.460 e. The van der Waals surface area contributed by atoms with Crippen molar-refractivity contribution in [2.75, 3.05) is 5.32 Å². The van der Waals surface area contributed by atoms with Crippen molar-refractivity contribution in [3.8, 4) is 23.1 Å². The molecule has 1 amide bonds. The van der Waals surface area contributed by atoms with Crippen LogP contribution >= 0.6 is 0 Å². The minimum absolute atomic E-state index is 0.111. The van der Waals surface area contributed by atoms with Crippen LogP contribution in [-0.4, -0.2) is 26.8 Å². The SMILES string of the molecule is CC(C)Oc1nc(-c2cccc(F)c2)n(-c2ccc(NC(=O)c3ccco3)cc2)n1. The van der Waals surface area contributed by atoms with Crippen LogP contribution in [0.15, 0.2) is 71.3 Å². The molecule has 0 bridgehead atoms. The number of amides is 1. The number of hydrogen-bond donors (Lipinski definition) is 1. The summed E-state index contributed by atoms with van der Waals surface area (Å²) in [5.41, 5.74) is 1.83. The first-order chi connectivity index (χ1) is 14.5. The van der Waals surface area contributed by atoms with Gasteiger partial charge in [0.05, 0.1) is 18.1 Å². The molecule has 0 aliphatic heterocycles. The number of ether oxygens (including phenoxy) is 1. The Morgan fingerprint density at radius 1 is 1.13 bits per heavy atom. The lowest BCUT2D eigenvalue weighted by Crippen LogP contribution is -2.11. The predicted molar refractivity (Wildman–Crippen MR) is 109 cm³/mol.